The summed E-state index contributed by atoms with van der Waals surface area (Å²) in [4.78, 5) is 0. The summed E-state index contributed by atoms with van der Waals surface area (Å²) in [6.07, 6.45) is 0. The quantitative estimate of drug-likeness (QED) is 0.218. The highest BCUT2D eigenvalue weighted by molar-refractivity contribution is 5.28. The lowest BCUT2D eigenvalue weighted by molar-refractivity contribution is 0.217. The molecule has 0 aliphatic heterocycles. The van der Waals surface area contributed by atoms with Crippen LogP contribution in [-0.2, 0) is 0 Å². The summed E-state index contributed by atoms with van der Waals surface area (Å²) >= 11 is 0. The highest BCUT2D eigenvalue weighted by atomic mass is 16.5. The van der Waals surface area contributed by atoms with Gasteiger partial charge in [0.1, 0.15) is 49.4 Å². The Morgan fingerprint density at radius 2 is 0.472 bits per heavy atom. The summed E-state index contributed by atoms with van der Waals surface area (Å²) in [7, 11) is 0. The molecule has 0 heterocycles. The van der Waals surface area contributed by atoms with Crippen molar-refractivity contribution in [2.75, 3.05) is 26.4 Å². The average Bonchev–Trinajstić information content (AvgIpc) is 2.89. The summed E-state index contributed by atoms with van der Waals surface area (Å²) in [6, 6.07) is 32.1. The van der Waals surface area contributed by atoms with Crippen LogP contribution in [0.3, 0.4) is 0 Å². The third-order valence-corrected chi connectivity index (χ3v) is 5.33. The van der Waals surface area contributed by atoms with E-state index in [0.29, 0.717) is 26.4 Å². The number of aryl methyl sites for hydroxylation is 4. The Morgan fingerprint density at radius 1 is 0.306 bits per heavy atom. The summed E-state index contributed by atoms with van der Waals surface area (Å²) in [5.74, 6) is 3.53. The van der Waals surface area contributed by atoms with Crippen LogP contribution in [0.5, 0.6) is 23.0 Å². The number of hydrogen-bond acceptors (Lipinski definition) is 4. The normalized spacial score (nSPS) is 10.1. The number of benzene rings is 4. The molecular formula is C32H36O4. The van der Waals surface area contributed by atoms with Crippen molar-refractivity contribution in [3.8, 4) is 23.0 Å². The van der Waals surface area contributed by atoms with Crippen LogP contribution in [0, 0.1) is 27.7 Å². The van der Waals surface area contributed by atoms with Gasteiger partial charge in [-0.2, -0.15) is 0 Å². The van der Waals surface area contributed by atoms with E-state index in [1.54, 1.807) is 0 Å². The molecule has 4 aromatic carbocycles. The first-order chi connectivity index (χ1) is 17.5. The molecule has 4 rings (SSSR count). The van der Waals surface area contributed by atoms with Gasteiger partial charge in [0, 0.05) is 0 Å². The molecule has 4 nitrogen and oxygen atoms in total. The average molecular weight is 485 g/mol. The zero-order valence-corrected chi connectivity index (χ0v) is 21.7. The summed E-state index contributed by atoms with van der Waals surface area (Å²) in [6.45, 7) is 10.4. The second-order valence-electron chi connectivity index (χ2n) is 8.65. The lowest BCUT2D eigenvalue weighted by Gasteiger charge is -2.08. The van der Waals surface area contributed by atoms with Crippen LogP contribution in [0.15, 0.2) is 97.1 Å². The van der Waals surface area contributed by atoms with Gasteiger partial charge in [0.15, 0.2) is 0 Å². The highest BCUT2D eigenvalue weighted by Gasteiger charge is 1.97. The largest absolute Gasteiger partial charge is 0.490 e. The van der Waals surface area contributed by atoms with Crippen LogP contribution in [0.1, 0.15) is 22.3 Å². The van der Waals surface area contributed by atoms with Gasteiger partial charge in [-0.1, -0.05) is 70.8 Å². The monoisotopic (exact) mass is 484 g/mol. The van der Waals surface area contributed by atoms with E-state index in [2.05, 4.69) is 27.7 Å². The molecule has 0 spiro atoms. The fourth-order valence-electron chi connectivity index (χ4n) is 3.18. The lowest BCUT2D eigenvalue weighted by Crippen LogP contribution is -2.08. The minimum Gasteiger partial charge on any atom is -0.490 e. The Bertz CT molecular complexity index is 943. The first kappa shape index (κ1) is 26.7. The van der Waals surface area contributed by atoms with Gasteiger partial charge in [0.2, 0.25) is 0 Å². The Balaban J connectivity index is 0.000000201. The minimum atomic E-state index is 0.553. The van der Waals surface area contributed by atoms with Gasteiger partial charge in [-0.05, 0) is 76.2 Å². The molecule has 0 saturated heterocycles. The molecule has 0 unspecified atom stereocenters. The van der Waals surface area contributed by atoms with Crippen molar-refractivity contribution in [3.63, 3.8) is 0 Å². The van der Waals surface area contributed by atoms with E-state index in [9.17, 15) is 0 Å². The zero-order chi connectivity index (χ0) is 25.6. The first-order valence-corrected chi connectivity index (χ1v) is 12.3. The Kier molecular flexibility index (Phi) is 10.7. The third kappa shape index (κ3) is 10.1. The van der Waals surface area contributed by atoms with Crippen LogP contribution in [0.4, 0.5) is 0 Å². The SMILES string of the molecule is Cc1ccc(OCCOc2ccc(C)cc2)cc1.Cc1ccc(OCCOc2ccc(C)cc2)cc1. The maximum atomic E-state index is 5.58. The van der Waals surface area contributed by atoms with E-state index in [-0.39, 0.29) is 0 Å². The number of hydrogen-bond donors (Lipinski definition) is 0. The van der Waals surface area contributed by atoms with E-state index in [1.807, 2.05) is 97.1 Å². The molecular weight excluding hydrogens is 448 g/mol. The maximum absolute atomic E-state index is 5.58. The second-order valence-corrected chi connectivity index (χ2v) is 8.65. The van der Waals surface area contributed by atoms with E-state index >= 15 is 0 Å². The molecule has 0 aliphatic rings. The molecule has 4 aromatic rings. The third-order valence-electron chi connectivity index (χ3n) is 5.33. The van der Waals surface area contributed by atoms with Crippen LogP contribution < -0.4 is 18.9 Å². The maximum Gasteiger partial charge on any atom is 0.122 e. The zero-order valence-electron chi connectivity index (χ0n) is 21.7. The fourth-order valence-corrected chi connectivity index (χ4v) is 3.18. The van der Waals surface area contributed by atoms with Crippen molar-refractivity contribution in [2.24, 2.45) is 0 Å². The lowest BCUT2D eigenvalue weighted by atomic mass is 10.2. The molecule has 0 bridgehead atoms. The van der Waals surface area contributed by atoms with E-state index in [0.717, 1.165) is 23.0 Å². The van der Waals surface area contributed by atoms with Crippen LogP contribution >= 0.6 is 0 Å². The fraction of sp³-hybridized carbons (Fsp3) is 0.250. The first-order valence-electron chi connectivity index (χ1n) is 12.3. The standard InChI is InChI=1S/2C16H18O2/c2*1-13-3-7-15(8-4-13)17-11-12-18-16-9-5-14(2)6-10-16/h2*3-10H,11-12H2,1-2H3. The van der Waals surface area contributed by atoms with Crippen molar-refractivity contribution in [1.82, 2.24) is 0 Å². The topological polar surface area (TPSA) is 36.9 Å². The van der Waals surface area contributed by atoms with Crippen molar-refractivity contribution >= 4 is 0 Å². The number of rotatable bonds is 10. The molecule has 0 amide bonds. The molecule has 188 valence electrons. The summed E-state index contributed by atoms with van der Waals surface area (Å²) < 4.78 is 22.3. The van der Waals surface area contributed by atoms with Gasteiger partial charge in [0.05, 0.1) is 0 Å². The molecule has 0 aliphatic carbocycles. The predicted octanol–water partition coefficient (Wildman–Crippen LogP) is 7.52. The Hall–Kier alpha value is -3.92. The van der Waals surface area contributed by atoms with Crippen molar-refractivity contribution < 1.29 is 18.9 Å². The predicted molar refractivity (Wildman–Crippen MR) is 147 cm³/mol. The molecule has 0 saturated carbocycles. The molecule has 0 atom stereocenters. The smallest absolute Gasteiger partial charge is 0.122 e. The molecule has 0 fully saturated rings. The minimum absolute atomic E-state index is 0.553. The van der Waals surface area contributed by atoms with E-state index in [4.69, 9.17) is 18.9 Å². The highest BCUT2D eigenvalue weighted by Crippen LogP contribution is 2.14. The Morgan fingerprint density at radius 3 is 0.639 bits per heavy atom. The molecule has 0 radical (unpaired) electrons. The van der Waals surface area contributed by atoms with E-state index in [1.165, 1.54) is 22.3 Å². The van der Waals surface area contributed by atoms with Gasteiger partial charge >= 0.3 is 0 Å². The van der Waals surface area contributed by atoms with Gasteiger partial charge in [-0.3, -0.25) is 0 Å². The van der Waals surface area contributed by atoms with Crippen molar-refractivity contribution in [2.45, 2.75) is 27.7 Å². The number of ether oxygens (including phenoxy) is 4. The van der Waals surface area contributed by atoms with Gasteiger partial charge < -0.3 is 18.9 Å². The van der Waals surface area contributed by atoms with Gasteiger partial charge in [-0.25, -0.2) is 0 Å². The second kappa shape index (κ2) is 14.5. The molecule has 0 N–H and O–H groups in total. The summed E-state index contributed by atoms with van der Waals surface area (Å²) in [5, 5.41) is 0. The molecule has 36 heavy (non-hydrogen) atoms. The van der Waals surface area contributed by atoms with Crippen LogP contribution in [0.2, 0.25) is 0 Å². The Labute approximate surface area is 215 Å². The molecule has 0 aromatic heterocycles. The summed E-state index contributed by atoms with van der Waals surface area (Å²) in [5.41, 5.74) is 4.94. The van der Waals surface area contributed by atoms with Crippen molar-refractivity contribution in [1.29, 1.82) is 0 Å². The van der Waals surface area contributed by atoms with Crippen LogP contribution in [0.25, 0.3) is 0 Å². The van der Waals surface area contributed by atoms with E-state index < -0.39 is 0 Å². The van der Waals surface area contributed by atoms with Crippen molar-refractivity contribution in [3.05, 3.63) is 119 Å². The molecule has 4 heteroatoms. The van der Waals surface area contributed by atoms with Gasteiger partial charge in [-0.15, -0.1) is 0 Å². The van der Waals surface area contributed by atoms with Gasteiger partial charge in [0.25, 0.3) is 0 Å². The van der Waals surface area contributed by atoms with Crippen LogP contribution in [-0.4, -0.2) is 26.4 Å².